The number of amides is 1. The first-order chi connectivity index (χ1) is 14.3. The zero-order valence-corrected chi connectivity index (χ0v) is 17.3. The summed E-state index contributed by atoms with van der Waals surface area (Å²) >= 11 is 0. The molecule has 0 saturated heterocycles. The van der Waals surface area contributed by atoms with Crippen molar-refractivity contribution in [2.45, 2.75) is 24.0 Å². The van der Waals surface area contributed by atoms with Gasteiger partial charge < -0.3 is 24.5 Å². The number of rotatable bonds is 7. The minimum absolute atomic E-state index is 0.132. The Morgan fingerprint density at radius 2 is 2.07 bits per heavy atom. The number of para-hydroxylation sites is 1. The summed E-state index contributed by atoms with van der Waals surface area (Å²) in [6, 6.07) is 12.2. The molecule has 30 heavy (non-hydrogen) atoms. The van der Waals surface area contributed by atoms with Gasteiger partial charge in [-0.2, -0.15) is 0 Å². The molecule has 158 valence electrons. The average molecular weight is 431 g/mol. The van der Waals surface area contributed by atoms with Crippen LogP contribution in [0.15, 0.2) is 62.5 Å². The van der Waals surface area contributed by atoms with E-state index < -0.39 is 28.9 Å². The molecule has 1 amide bonds. The molecule has 9 nitrogen and oxygen atoms in total. The minimum atomic E-state index is -2.60. The molecule has 3 rings (SSSR count). The zero-order chi connectivity index (χ0) is 21.7. The smallest absolute Gasteiger partial charge is 0.464 e. The molecule has 3 N–H and O–H groups in total. The van der Waals surface area contributed by atoms with Crippen LogP contribution in [0.5, 0.6) is 0 Å². The van der Waals surface area contributed by atoms with Gasteiger partial charge in [-0.15, -0.1) is 0 Å². The second-order valence-corrected chi connectivity index (χ2v) is 9.04. The van der Waals surface area contributed by atoms with Crippen LogP contribution >= 0.6 is 0 Å². The normalized spacial score (nSPS) is 14.0. The van der Waals surface area contributed by atoms with Gasteiger partial charge in [0.05, 0.1) is 27.6 Å². The number of alkyl carbamates (subject to hydrolysis) is 1. The number of hydrogen-bond donors (Lipinski definition) is 3. The van der Waals surface area contributed by atoms with E-state index in [1.54, 1.807) is 24.3 Å². The third-order valence-corrected chi connectivity index (χ3v) is 6.23. The first-order valence-corrected chi connectivity index (χ1v) is 11.0. The molecule has 1 unspecified atom stereocenters. The van der Waals surface area contributed by atoms with E-state index in [1.807, 2.05) is 18.2 Å². The van der Waals surface area contributed by atoms with Gasteiger partial charge in [0.1, 0.15) is 17.2 Å². The molecule has 0 fully saturated rings. The fraction of sp³-hybridized carbons (Fsp3) is 0.263. The summed E-state index contributed by atoms with van der Waals surface area (Å²) in [7, 11) is -2.96. The van der Waals surface area contributed by atoms with Crippen LogP contribution in [0.2, 0.25) is 0 Å². The van der Waals surface area contributed by atoms with Crippen LogP contribution in [-0.4, -0.2) is 51.7 Å². The number of pyridine rings is 1. The van der Waals surface area contributed by atoms with Crippen LogP contribution in [0.1, 0.15) is 11.3 Å². The maximum atomic E-state index is 12.3. The fourth-order valence-corrected chi connectivity index (χ4v) is 3.64. The SMILES string of the molecule is CN=S(C)(=O)c1cccc(COC(=O)N[C@@H](Cc2coc3ccccc23)B(O)O)n1. The van der Waals surface area contributed by atoms with Crippen LogP contribution in [-0.2, 0) is 27.5 Å². The summed E-state index contributed by atoms with van der Waals surface area (Å²) in [6.07, 6.45) is 2.28. The van der Waals surface area contributed by atoms with Crippen molar-refractivity contribution in [2.24, 2.45) is 4.36 Å². The monoisotopic (exact) mass is 431 g/mol. The Morgan fingerprint density at radius 3 is 2.80 bits per heavy atom. The molecule has 0 saturated carbocycles. The van der Waals surface area contributed by atoms with Crippen LogP contribution in [0.25, 0.3) is 11.0 Å². The molecule has 0 aliphatic carbocycles. The van der Waals surface area contributed by atoms with Crippen molar-refractivity contribution in [3.8, 4) is 0 Å². The number of fused-ring (bicyclic) bond motifs is 1. The summed E-state index contributed by atoms with van der Waals surface area (Å²) in [5, 5.41) is 22.9. The average Bonchev–Trinajstić information content (AvgIpc) is 3.15. The minimum Gasteiger partial charge on any atom is -0.464 e. The van der Waals surface area contributed by atoms with E-state index in [1.165, 1.54) is 19.6 Å². The van der Waals surface area contributed by atoms with Crippen molar-refractivity contribution in [2.75, 3.05) is 13.3 Å². The quantitative estimate of drug-likeness (QED) is 0.486. The molecular weight excluding hydrogens is 409 g/mol. The number of ether oxygens (including phenoxy) is 1. The van der Waals surface area contributed by atoms with Crippen LogP contribution in [0, 0.1) is 0 Å². The lowest BCUT2D eigenvalue weighted by molar-refractivity contribution is 0.135. The van der Waals surface area contributed by atoms with E-state index in [4.69, 9.17) is 9.15 Å². The van der Waals surface area contributed by atoms with Gasteiger partial charge in [-0.1, -0.05) is 24.3 Å². The largest absolute Gasteiger partial charge is 0.475 e. The second kappa shape index (κ2) is 9.29. The van der Waals surface area contributed by atoms with Crippen LogP contribution < -0.4 is 5.32 Å². The Hall–Kier alpha value is -2.89. The molecule has 11 heteroatoms. The van der Waals surface area contributed by atoms with Gasteiger partial charge >= 0.3 is 13.2 Å². The van der Waals surface area contributed by atoms with Gasteiger partial charge in [0.15, 0.2) is 0 Å². The molecule has 1 aromatic carbocycles. The van der Waals surface area contributed by atoms with Crippen molar-refractivity contribution >= 4 is 33.9 Å². The summed E-state index contributed by atoms with van der Waals surface area (Å²) in [5.41, 5.74) is 1.78. The third-order valence-electron chi connectivity index (χ3n) is 4.53. The zero-order valence-electron chi connectivity index (χ0n) is 16.5. The van der Waals surface area contributed by atoms with Gasteiger partial charge in [-0.25, -0.2) is 18.4 Å². The van der Waals surface area contributed by atoms with E-state index in [0.717, 1.165) is 10.9 Å². The van der Waals surface area contributed by atoms with E-state index in [0.29, 0.717) is 16.3 Å². The first-order valence-electron chi connectivity index (χ1n) is 9.11. The van der Waals surface area contributed by atoms with Gasteiger partial charge in [0, 0.05) is 18.7 Å². The highest BCUT2D eigenvalue weighted by atomic mass is 32.2. The lowest BCUT2D eigenvalue weighted by atomic mass is 9.76. The van der Waals surface area contributed by atoms with E-state index >= 15 is 0 Å². The van der Waals surface area contributed by atoms with Crippen molar-refractivity contribution < 1.29 is 28.2 Å². The third kappa shape index (κ3) is 5.18. The number of nitrogens with zero attached hydrogens (tertiary/aromatic N) is 2. The first kappa shape index (κ1) is 21.8. The highest BCUT2D eigenvalue weighted by Gasteiger charge is 2.27. The standard InChI is InChI=1S/C19H22BN3O6S/c1-21-30(2,27)18-9-5-6-14(22-18)12-29-19(24)23-17(20(25)26)10-13-11-28-16-8-4-3-7-15(13)16/h3-9,11,17,25-26H,10,12H2,1-2H3,(H,23,24)/t17-,30?/m0/s1. The predicted molar refractivity (Wildman–Crippen MR) is 112 cm³/mol. The molecule has 0 spiro atoms. The maximum absolute atomic E-state index is 12.3. The van der Waals surface area contributed by atoms with Crippen molar-refractivity contribution in [1.82, 2.24) is 10.3 Å². The van der Waals surface area contributed by atoms with Crippen LogP contribution in [0.3, 0.4) is 0 Å². The highest BCUT2D eigenvalue weighted by molar-refractivity contribution is 7.92. The number of carbonyl (C=O) groups is 1. The summed E-state index contributed by atoms with van der Waals surface area (Å²) in [6.45, 7) is -0.179. The molecule has 3 aromatic rings. The lowest BCUT2D eigenvalue weighted by Crippen LogP contribution is -2.48. The summed E-state index contributed by atoms with van der Waals surface area (Å²) in [4.78, 5) is 16.4. The Balaban J connectivity index is 1.64. The Kier molecular flexibility index (Phi) is 6.75. The molecular formula is C19H22BN3O6S. The number of furan rings is 1. The maximum Gasteiger partial charge on any atom is 0.475 e. The molecule has 0 bridgehead atoms. The van der Waals surface area contributed by atoms with Gasteiger partial charge in [-0.3, -0.25) is 0 Å². The lowest BCUT2D eigenvalue weighted by Gasteiger charge is -2.17. The Morgan fingerprint density at radius 1 is 1.30 bits per heavy atom. The highest BCUT2D eigenvalue weighted by Crippen LogP contribution is 2.22. The van der Waals surface area contributed by atoms with Gasteiger partial charge in [0.2, 0.25) is 0 Å². The van der Waals surface area contributed by atoms with Crippen LogP contribution in [0.4, 0.5) is 4.79 Å². The van der Waals surface area contributed by atoms with E-state index in [2.05, 4.69) is 14.7 Å². The number of benzene rings is 1. The Labute approximate surface area is 174 Å². The molecule has 0 radical (unpaired) electrons. The summed E-state index contributed by atoms with van der Waals surface area (Å²) < 4.78 is 26.7. The van der Waals surface area contributed by atoms with Crippen molar-refractivity contribution in [3.05, 3.63) is 60.0 Å². The number of nitrogens with one attached hydrogen (secondary N) is 1. The van der Waals surface area contributed by atoms with E-state index in [9.17, 15) is 19.1 Å². The number of carbonyl (C=O) groups excluding carboxylic acids is 1. The van der Waals surface area contributed by atoms with E-state index in [-0.39, 0.29) is 13.0 Å². The van der Waals surface area contributed by atoms with Crippen molar-refractivity contribution in [1.29, 1.82) is 0 Å². The number of aromatic nitrogens is 1. The fourth-order valence-electron chi connectivity index (χ4n) is 2.83. The second-order valence-electron chi connectivity index (χ2n) is 6.65. The Bertz CT molecular complexity index is 1160. The molecule has 2 atom stereocenters. The predicted octanol–water partition coefficient (Wildman–Crippen LogP) is 1.76. The van der Waals surface area contributed by atoms with Gasteiger partial charge in [0.25, 0.3) is 0 Å². The molecule has 0 aliphatic rings. The summed E-state index contributed by atoms with van der Waals surface area (Å²) in [5.74, 6) is -1.01. The molecule has 0 aliphatic heterocycles. The number of hydrogen-bond acceptors (Lipinski definition) is 8. The van der Waals surface area contributed by atoms with Gasteiger partial charge in [-0.05, 0) is 30.2 Å². The molecule has 2 heterocycles. The molecule has 2 aromatic heterocycles. The topological polar surface area (TPSA) is 134 Å². The van der Waals surface area contributed by atoms with Crippen molar-refractivity contribution in [3.63, 3.8) is 0 Å².